The molecule has 2 aliphatic rings. The molecule has 1 N–H and O–H groups in total. The Bertz CT molecular complexity index is 558. The molecule has 25 heavy (non-hydrogen) atoms. The lowest BCUT2D eigenvalue weighted by molar-refractivity contribution is -0.122. The lowest BCUT2D eigenvalue weighted by Crippen LogP contribution is -2.42. The summed E-state index contributed by atoms with van der Waals surface area (Å²) < 4.78 is 5.42. The van der Waals surface area contributed by atoms with Crippen LogP contribution in [0, 0.1) is 5.92 Å². The van der Waals surface area contributed by atoms with Gasteiger partial charge in [0.15, 0.2) is 0 Å². The van der Waals surface area contributed by atoms with E-state index >= 15 is 0 Å². The molecule has 0 spiro atoms. The Morgan fingerprint density at radius 2 is 1.92 bits per heavy atom. The minimum Gasteiger partial charge on any atom is -0.379 e. The predicted octanol–water partition coefficient (Wildman–Crippen LogP) is 1.87. The molecule has 2 aliphatic heterocycles. The van der Waals surface area contributed by atoms with Crippen LogP contribution in [0.25, 0.3) is 0 Å². The zero-order chi connectivity index (χ0) is 17.5. The Morgan fingerprint density at radius 3 is 2.68 bits per heavy atom. The summed E-state index contributed by atoms with van der Waals surface area (Å²) in [5.74, 6) is 0.839. The summed E-state index contributed by atoms with van der Waals surface area (Å²) in [4.78, 5) is 17.0. The number of rotatable bonds is 6. The van der Waals surface area contributed by atoms with Crippen LogP contribution in [0.15, 0.2) is 24.3 Å². The molecule has 5 heteroatoms. The molecule has 1 aromatic rings. The number of nitrogens with one attached hydrogen (secondary N) is 1. The van der Waals surface area contributed by atoms with Crippen molar-refractivity contribution < 1.29 is 9.53 Å². The number of likely N-dealkylation sites (tertiary alicyclic amines) is 1. The molecule has 0 aromatic heterocycles. The highest BCUT2D eigenvalue weighted by Crippen LogP contribution is 2.15. The zero-order valence-electron chi connectivity index (χ0n) is 15.4. The van der Waals surface area contributed by atoms with Crippen LogP contribution >= 0.6 is 0 Å². The number of carbonyl (C=O) groups excluding carboxylic acids is 1. The first kappa shape index (κ1) is 18.4. The third kappa shape index (κ3) is 5.80. The standard InChI is InChI=1S/C20H31N3O2/c1-17-5-4-8-23(14-17)16-20(24)21-13-18-6-2-3-7-19(18)15-22-9-11-25-12-10-22/h2-3,6-7,17H,4-5,8-16H2,1H3,(H,21,24). The van der Waals surface area contributed by atoms with E-state index in [1.807, 2.05) is 0 Å². The Morgan fingerprint density at radius 1 is 1.16 bits per heavy atom. The lowest BCUT2D eigenvalue weighted by atomic mass is 10.0. The monoisotopic (exact) mass is 345 g/mol. The van der Waals surface area contributed by atoms with E-state index in [1.54, 1.807) is 0 Å². The van der Waals surface area contributed by atoms with Crippen molar-refractivity contribution in [2.24, 2.45) is 5.92 Å². The first-order chi connectivity index (χ1) is 12.2. The van der Waals surface area contributed by atoms with Crippen molar-refractivity contribution in [3.8, 4) is 0 Å². The van der Waals surface area contributed by atoms with Crippen LogP contribution in [0.1, 0.15) is 30.9 Å². The average Bonchev–Trinajstić information content (AvgIpc) is 2.62. The molecular formula is C20H31N3O2. The van der Waals surface area contributed by atoms with Crippen molar-refractivity contribution in [2.75, 3.05) is 45.9 Å². The van der Waals surface area contributed by atoms with Gasteiger partial charge in [-0.2, -0.15) is 0 Å². The molecule has 1 unspecified atom stereocenters. The maximum Gasteiger partial charge on any atom is 0.234 e. The van der Waals surface area contributed by atoms with Crippen LogP contribution in [0.3, 0.4) is 0 Å². The minimum atomic E-state index is 0.135. The van der Waals surface area contributed by atoms with E-state index < -0.39 is 0 Å². The fourth-order valence-electron chi connectivity index (χ4n) is 3.77. The Kier molecular flexibility index (Phi) is 6.84. The Hall–Kier alpha value is -1.43. The maximum absolute atomic E-state index is 12.3. The number of carbonyl (C=O) groups is 1. The van der Waals surface area contributed by atoms with Crippen LogP contribution in [0.4, 0.5) is 0 Å². The summed E-state index contributed by atoms with van der Waals surface area (Å²) in [5.41, 5.74) is 2.52. The first-order valence-corrected chi connectivity index (χ1v) is 9.56. The summed E-state index contributed by atoms with van der Waals surface area (Å²) >= 11 is 0. The average molecular weight is 345 g/mol. The Balaban J connectivity index is 1.49. The summed E-state index contributed by atoms with van der Waals surface area (Å²) in [6, 6.07) is 8.43. The van der Waals surface area contributed by atoms with Crippen LogP contribution in [0.5, 0.6) is 0 Å². The predicted molar refractivity (Wildman–Crippen MR) is 99.2 cm³/mol. The van der Waals surface area contributed by atoms with Crippen LogP contribution in [0.2, 0.25) is 0 Å². The van der Waals surface area contributed by atoms with Crippen LogP contribution in [-0.2, 0) is 22.6 Å². The van der Waals surface area contributed by atoms with E-state index in [0.29, 0.717) is 19.0 Å². The number of hydrogen-bond donors (Lipinski definition) is 1. The van der Waals surface area contributed by atoms with E-state index in [0.717, 1.165) is 45.9 Å². The molecular weight excluding hydrogens is 314 g/mol. The fourth-order valence-corrected chi connectivity index (χ4v) is 3.77. The van der Waals surface area contributed by atoms with E-state index in [4.69, 9.17) is 4.74 Å². The van der Waals surface area contributed by atoms with Gasteiger partial charge in [0.1, 0.15) is 0 Å². The number of ether oxygens (including phenoxy) is 1. The van der Waals surface area contributed by atoms with E-state index in [-0.39, 0.29) is 5.91 Å². The fraction of sp³-hybridized carbons (Fsp3) is 0.650. The largest absolute Gasteiger partial charge is 0.379 e. The molecule has 1 amide bonds. The van der Waals surface area contributed by atoms with E-state index in [1.165, 1.54) is 24.0 Å². The van der Waals surface area contributed by atoms with Gasteiger partial charge in [-0.3, -0.25) is 14.6 Å². The molecule has 1 atom stereocenters. The summed E-state index contributed by atoms with van der Waals surface area (Å²) in [6.45, 7) is 10.0. The second-order valence-electron chi connectivity index (χ2n) is 7.42. The van der Waals surface area contributed by atoms with Gasteiger partial charge in [0.05, 0.1) is 19.8 Å². The number of hydrogen-bond acceptors (Lipinski definition) is 4. The molecule has 0 saturated carbocycles. The van der Waals surface area contributed by atoms with Gasteiger partial charge in [-0.05, 0) is 36.4 Å². The molecule has 0 aliphatic carbocycles. The van der Waals surface area contributed by atoms with Gasteiger partial charge in [-0.15, -0.1) is 0 Å². The lowest BCUT2D eigenvalue weighted by Gasteiger charge is -2.30. The number of piperidine rings is 1. The highest BCUT2D eigenvalue weighted by molar-refractivity contribution is 5.78. The van der Waals surface area contributed by atoms with Gasteiger partial charge in [0.25, 0.3) is 0 Å². The van der Waals surface area contributed by atoms with E-state index in [9.17, 15) is 4.79 Å². The van der Waals surface area contributed by atoms with Gasteiger partial charge >= 0.3 is 0 Å². The Labute approximate surface area is 151 Å². The summed E-state index contributed by atoms with van der Waals surface area (Å²) in [7, 11) is 0. The third-order valence-electron chi connectivity index (χ3n) is 5.20. The van der Waals surface area contributed by atoms with Gasteiger partial charge in [-0.1, -0.05) is 31.2 Å². The topological polar surface area (TPSA) is 44.8 Å². The SMILES string of the molecule is CC1CCCN(CC(=O)NCc2ccccc2CN2CCOCC2)C1. The zero-order valence-corrected chi connectivity index (χ0v) is 15.4. The normalized spacial score (nSPS) is 22.7. The molecule has 5 nitrogen and oxygen atoms in total. The molecule has 0 bridgehead atoms. The van der Waals surface area contributed by atoms with Crippen molar-refractivity contribution in [3.05, 3.63) is 35.4 Å². The molecule has 3 rings (SSSR count). The van der Waals surface area contributed by atoms with Gasteiger partial charge in [-0.25, -0.2) is 0 Å². The van der Waals surface area contributed by atoms with Crippen molar-refractivity contribution in [3.63, 3.8) is 0 Å². The van der Waals surface area contributed by atoms with Crippen LogP contribution < -0.4 is 5.32 Å². The smallest absolute Gasteiger partial charge is 0.234 e. The van der Waals surface area contributed by atoms with Crippen molar-refractivity contribution >= 4 is 5.91 Å². The van der Waals surface area contributed by atoms with Gasteiger partial charge < -0.3 is 10.1 Å². The number of morpholine rings is 1. The first-order valence-electron chi connectivity index (χ1n) is 9.56. The molecule has 0 radical (unpaired) electrons. The van der Waals surface area contributed by atoms with Crippen molar-refractivity contribution in [2.45, 2.75) is 32.9 Å². The quantitative estimate of drug-likeness (QED) is 0.855. The van der Waals surface area contributed by atoms with Crippen molar-refractivity contribution in [1.29, 1.82) is 0 Å². The maximum atomic E-state index is 12.3. The van der Waals surface area contributed by atoms with Crippen molar-refractivity contribution in [1.82, 2.24) is 15.1 Å². The number of amides is 1. The third-order valence-corrected chi connectivity index (χ3v) is 5.20. The second kappa shape index (κ2) is 9.32. The molecule has 2 heterocycles. The molecule has 2 fully saturated rings. The summed E-state index contributed by atoms with van der Waals surface area (Å²) in [5, 5.41) is 3.11. The van der Waals surface area contributed by atoms with E-state index in [2.05, 4.69) is 46.3 Å². The highest BCUT2D eigenvalue weighted by Gasteiger charge is 2.18. The van der Waals surface area contributed by atoms with Gasteiger partial charge in [0.2, 0.25) is 5.91 Å². The van der Waals surface area contributed by atoms with Gasteiger partial charge in [0, 0.05) is 32.7 Å². The highest BCUT2D eigenvalue weighted by atomic mass is 16.5. The minimum absolute atomic E-state index is 0.135. The number of benzene rings is 1. The summed E-state index contributed by atoms with van der Waals surface area (Å²) in [6.07, 6.45) is 2.49. The molecule has 1 aromatic carbocycles. The molecule has 138 valence electrons. The second-order valence-corrected chi connectivity index (χ2v) is 7.42. The number of nitrogens with zero attached hydrogens (tertiary/aromatic N) is 2. The van der Waals surface area contributed by atoms with Crippen LogP contribution in [-0.4, -0.2) is 61.6 Å². The molecule has 2 saturated heterocycles.